The molecule has 0 N–H and O–H groups in total. The van der Waals surface area contributed by atoms with Gasteiger partial charge in [0.05, 0.1) is 0 Å². The van der Waals surface area contributed by atoms with E-state index < -0.39 is 0 Å². The Hall–Kier alpha value is -1.16. The average Bonchev–Trinajstić information content (AvgIpc) is 3.11. The minimum atomic E-state index is -0.145. The fourth-order valence-electron chi connectivity index (χ4n) is 4.91. The number of nitrogens with zero attached hydrogens (tertiary/aromatic N) is 2. The first kappa shape index (κ1) is 26.1. The second-order valence-electron chi connectivity index (χ2n) is 9.72. The number of piperidine rings is 1. The van der Waals surface area contributed by atoms with Gasteiger partial charge in [0.1, 0.15) is 0 Å². The molecular formula is C27H48N2O2. The molecule has 0 aromatic rings. The quantitative estimate of drug-likeness (QED) is 0.170. The van der Waals surface area contributed by atoms with Crippen LogP contribution < -0.4 is 0 Å². The Bertz CT molecular complexity index is 493. The van der Waals surface area contributed by atoms with Gasteiger partial charge in [-0.15, -0.1) is 0 Å². The summed E-state index contributed by atoms with van der Waals surface area (Å²) in [7, 11) is 0. The Morgan fingerprint density at radius 2 is 0.839 bits per heavy atom. The maximum absolute atomic E-state index is 11.5. The summed E-state index contributed by atoms with van der Waals surface area (Å²) in [6, 6.07) is 0. The van der Waals surface area contributed by atoms with Crippen LogP contribution in [0.3, 0.4) is 0 Å². The Labute approximate surface area is 191 Å². The molecule has 0 spiro atoms. The molecule has 0 unspecified atom stereocenters. The van der Waals surface area contributed by atoms with Crippen molar-refractivity contribution in [3.63, 3.8) is 0 Å². The molecule has 4 nitrogen and oxygen atoms in total. The smallest absolute Gasteiger partial charge is 0.253 e. The molecule has 31 heavy (non-hydrogen) atoms. The number of unbranched alkanes of at least 4 members (excludes halogenated alkanes) is 15. The Morgan fingerprint density at radius 1 is 0.484 bits per heavy atom. The second-order valence-corrected chi connectivity index (χ2v) is 9.72. The highest BCUT2D eigenvalue weighted by Gasteiger charge is 2.22. The average molecular weight is 433 g/mol. The maximum Gasteiger partial charge on any atom is 0.253 e. The van der Waals surface area contributed by atoms with E-state index in [4.69, 9.17) is 0 Å². The van der Waals surface area contributed by atoms with Crippen LogP contribution in [0.2, 0.25) is 0 Å². The van der Waals surface area contributed by atoms with Gasteiger partial charge in [-0.25, -0.2) is 0 Å². The first-order valence-corrected chi connectivity index (χ1v) is 13.5. The van der Waals surface area contributed by atoms with Gasteiger partial charge < -0.3 is 4.90 Å². The van der Waals surface area contributed by atoms with Crippen molar-refractivity contribution in [1.82, 2.24) is 9.80 Å². The number of rotatable bonds is 19. The summed E-state index contributed by atoms with van der Waals surface area (Å²) in [5.74, 6) is -0.290. The zero-order valence-electron chi connectivity index (χ0n) is 20.1. The third kappa shape index (κ3) is 12.5. The van der Waals surface area contributed by atoms with E-state index in [0.29, 0.717) is 6.54 Å². The molecule has 0 radical (unpaired) electrons. The summed E-state index contributed by atoms with van der Waals surface area (Å²) < 4.78 is 0. The third-order valence-corrected chi connectivity index (χ3v) is 6.96. The highest BCUT2D eigenvalue weighted by Crippen LogP contribution is 2.15. The van der Waals surface area contributed by atoms with Crippen LogP contribution in [0, 0.1) is 0 Å². The number of carbonyl (C=O) groups excluding carboxylic acids is 2. The van der Waals surface area contributed by atoms with Crippen molar-refractivity contribution in [3.8, 4) is 0 Å². The van der Waals surface area contributed by atoms with Gasteiger partial charge in [0.15, 0.2) is 0 Å². The molecule has 178 valence electrons. The molecule has 0 saturated carbocycles. The molecule has 0 aromatic carbocycles. The van der Waals surface area contributed by atoms with Gasteiger partial charge in [0.2, 0.25) is 0 Å². The van der Waals surface area contributed by atoms with E-state index in [-0.39, 0.29) is 11.8 Å². The minimum Gasteiger partial charge on any atom is -0.303 e. The predicted molar refractivity (Wildman–Crippen MR) is 130 cm³/mol. The molecule has 0 atom stereocenters. The number of hydrogen-bond donors (Lipinski definition) is 0. The molecule has 2 amide bonds. The van der Waals surface area contributed by atoms with Crippen LogP contribution >= 0.6 is 0 Å². The Balaban J connectivity index is 1.22. The lowest BCUT2D eigenvalue weighted by Gasteiger charge is -2.26. The molecule has 1 saturated heterocycles. The molecule has 0 aliphatic carbocycles. The highest BCUT2D eigenvalue weighted by atomic mass is 16.2. The summed E-state index contributed by atoms with van der Waals surface area (Å²) in [5, 5.41) is 0. The topological polar surface area (TPSA) is 40.6 Å². The van der Waals surface area contributed by atoms with Gasteiger partial charge in [0.25, 0.3) is 11.8 Å². The van der Waals surface area contributed by atoms with Crippen LogP contribution in [-0.2, 0) is 9.59 Å². The van der Waals surface area contributed by atoms with Gasteiger partial charge in [0, 0.05) is 18.7 Å². The Kier molecular flexibility index (Phi) is 14.6. The van der Waals surface area contributed by atoms with E-state index in [9.17, 15) is 9.59 Å². The van der Waals surface area contributed by atoms with Crippen molar-refractivity contribution in [3.05, 3.63) is 12.2 Å². The summed E-state index contributed by atoms with van der Waals surface area (Å²) in [6.45, 7) is 4.63. The first-order valence-electron chi connectivity index (χ1n) is 13.5. The number of carbonyl (C=O) groups is 2. The normalized spacial score (nSPS) is 17.2. The van der Waals surface area contributed by atoms with Crippen LogP contribution in [0.4, 0.5) is 0 Å². The van der Waals surface area contributed by atoms with Gasteiger partial charge in [-0.1, -0.05) is 96.3 Å². The lowest BCUT2D eigenvalue weighted by molar-refractivity contribution is -0.136. The number of hydrogen-bond acceptors (Lipinski definition) is 3. The van der Waals surface area contributed by atoms with Crippen LogP contribution in [0.5, 0.6) is 0 Å². The summed E-state index contributed by atoms with van der Waals surface area (Å²) in [4.78, 5) is 26.9. The minimum absolute atomic E-state index is 0.145. The molecule has 1 fully saturated rings. The zero-order valence-corrected chi connectivity index (χ0v) is 20.1. The van der Waals surface area contributed by atoms with E-state index in [1.807, 2.05) is 0 Å². The van der Waals surface area contributed by atoms with Gasteiger partial charge >= 0.3 is 0 Å². The van der Waals surface area contributed by atoms with Crippen molar-refractivity contribution >= 4 is 11.8 Å². The van der Waals surface area contributed by atoms with E-state index in [1.54, 1.807) is 0 Å². The van der Waals surface area contributed by atoms with Crippen LogP contribution in [0.15, 0.2) is 12.2 Å². The Morgan fingerprint density at radius 3 is 1.26 bits per heavy atom. The molecule has 4 heteroatoms. The number of likely N-dealkylation sites (tertiary alicyclic amines) is 1. The van der Waals surface area contributed by atoms with E-state index in [1.165, 1.54) is 146 Å². The monoisotopic (exact) mass is 432 g/mol. The fourth-order valence-corrected chi connectivity index (χ4v) is 4.91. The van der Waals surface area contributed by atoms with Gasteiger partial charge in [-0.05, 0) is 45.3 Å². The molecule has 2 rings (SSSR count). The SMILES string of the molecule is O=C1C=CC(=O)N1CCCCCCCCCCCCCCCCCCN1CCCCC1. The van der Waals surface area contributed by atoms with Crippen LogP contribution in [0.1, 0.15) is 122 Å². The maximum atomic E-state index is 11.5. The van der Waals surface area contributed by atoms with Gasteiger partial charge in [-0.3, -0.25) is 14.5 Å². The van der Waals surface area contributed by atoms with Crippen molar-refractivity contribution in [2.24, 2.45) is 0 Å². The molecule has 0 aromatic heterocycles. The summed E-state index contributed by atoms with van der Waals surface area (Å²) in [5.41, 5.74) is 0. The number of imide groups is 1. The fraction of sp³-hybridized carbons (Fsp3) is 0.852. The highest BCUT2D eigenvalue weighted by molar-refractivity contribution is 6.12. The van der Waals surface area contributed by atoms with Crippen molar-refractivity contribution in [2.45, 2.75) is 122 Å². The predicted octanol–water partition coefficient (Wildman–Crippen LogP) is 6.64. The van der Waals surface area contributed by atoms with E-state index >= 15 is 0 Å². The van der Waals surface area contributed by atoms with Crippen molar-refractivity contribution < 1.29 is 9.59 Å². The summed E-state index contributed by atoms with van der Waals surface area (Å²) in [6.07, 6.45) is 28.6. The summed E-state index contributed by atoms with van der Waals surface area (Å²) >= 11 is 0. The standard InChI is InChI=1S/C27H48N2O2/c30-26-20-21-27(31)29(26)25-19-14-12-10-8-6-4-2-1-3-5-7-9-11-13-16-22-28-23-17-15-18-24-28/h20-21H,1-19,22-25H2. The first-order chi connectivity index (χ1) is 15.3. The van der Waals surface area contributed by atoms with Crippen LogP contribution in [-0.4, -0.2) is 47.8 Å². The van der Waals surface area contributed by atoms with Crippen molar-refractivity contribution in [2.75, 3.05) is 26.2 Å². The molecule has 2 aliphatic rings. The van der Waals surface area contributed by atoms with E-state index in [2.05, 4.69) is 4.90 Å². The lowest BCUT2D eigenvalue weighted by atomic mass is 10.0. The molecule has 2 aliphatic heterocycles. The van der Waals surface area contributed by atoms with Crippen LogP contribution in [0.25, 0.3) is 0 Å². The lowest BCUT2D eigenvalue weighted by Crippen LogP contribution is -2.30. The second kappa shape index (κ2) is 17.4. The van der Waals surface area contributed by atoms with Crippen molar-refractivity contribution in [1.29, 1.82) is 0 Å². The number of amides is 2. The molecule has 2 heterocycles. The molecular weight excluding hydrogens is 384 g/mol. The van der Waals surface area contributed by atoms with E-state index in [0.717, 1.165) is 12.8 Å². The third-order valence-electron chi connectivity index (χ3n) is 6.96. The largest absolute Gasteiger partial charge is 0.303 e. The van der Waals surface area contributed by atoms with Gasteiger partial charge in [-0.2, -0.15) is 0 Å². The zero-order chi connectivity index (χ0) is 22.0. The molecule has 0 bridgehead atoms.